The summed E-state index contributed by atoms with van der Waals surface area (Å²) in [5.41, 5.74) is 0.547. The van der Waals surface area contributed by atoms with Crippen LogP contribution in [-0.2, 0) is 11.3 Å². The molecule has 0 aliphatic rings. The number of anilines is 1. The Bertz CT molecular complexity index is 911. The third-order valence-electron chi connectivity index (χ3n) is 3.39. The van der Waals surface area contributed by atoms with Crippen molar-refractivity contribution in [3.05, 3.63) is 52.4 Å². The molecule has 0 aromatic carbocycles. The second-order valence-electron chi connectivity index (χ2n) is 5.19. The van der Waals surface area contributed by atoms with Crippen LogP contribution in [0.15, 0.2) is 40.4 Å². The van der Waals surface area contributed by atoms with E-state index in [-0.39, 0.29) is 11.7 Å². The lowest BCUT2D eigenvalue weighted by atomic mass is 10.4. The molecule has 3 aromatic rings. The Kier molecular flexibility index (Phi) is 5.37. The Labute approximate surface area is 153 Å². The molecule has 0 fully saturated rings. The van der Waals surface area contributed by atoms with E-state index in [1.54, 1.807) is 34.5 Å². The highest BCUT2D eigenvalue weighted by molar-refractivity contribution is 7.12. The Morgan fingerprint density at radius 2 is 2.19 bits per heavy atom. The second-order valence-corrected chi connectivity index (χ2v) is 6.10. The van der Waals surface area contributed by atoms with E-state index < -0.39 is 5.97 Å². The zero-order valence-corrected chi connectivity index (χ0v) is 15.0. The van der Waals surface area contributed by atoms with Crippen LogP contribution in [0.25, 0.3) is 0 Å². The molecule has 0 radical (unpaired) electrons. The summed E-state index contributed by atoms with van der Waals surface area (Å²) in [6, 6.07) is 4.98. The maximum absolute atomic E-state index is 12.4. The number of hydrogen-bond donors (Lipinski definition) is 1. The lowest BCUT2D eigenvalue weighted by Gasteiger charge is -2.04. The molecule has 0 saturated heterocycles. The summed E-state index contributed by atoms with van der Waals surface area (Å²) in [5, 5.41) is 8.77. The van der Waals surface area contributed by atoms with Crippen molar-refractivity contribution >= 4 is 28.9 Å². The van der Waals surface area contributed by atoms with Crippen LogP contribution in [0, 0.1) is 0 Å². The van der Waals surface area contributed by atoms with Gasteiger partial charge in [-0.25, -0.2) is 4.79 Å². The number of hydrogen-bond acceptors (Lipinski definition) is 7. The van der Waals surface area contributed by atoms with Crippen molar-refractivity contribution in [2.75, 3.05) is 19.0 Å². The third-order valence-corrected chi connectivity index (χ3v) is 4.29. The van der Waals surface area contributed by atoms with Gasteiger partial charge >= 0.3 is 5.97 Å². The zero-order valence-electron chi connectivity index (χ0n) is 14.2. The molecule has 0 spiro atoms. The largest absolute Gasteiger partial charge is 0.492 e. The molecule has 8 nitrogen and oxygen atoms in total. The maximum atomic E-state index is 12.4. The predicted octanol–water partition coefficient (Wildman–Crippen LogP) is 3.02. The molecule has 1 N–H and O–H groups in total. The van der Waals surface area contributed by atoms with E-state index in [9.17, 15) is 9.59 Å². The van der Waals surface area contributed by atoms with E-state index in [4.69, 9.17) is 9.15 Å². The highest BCUT2D eigenvalue weighted by Crippen LogP contribution is 2.26. The van der Waals surface area contributed by atoms with Crippen LogP contribution in [-0.4, -0.2) is 35.4 Å². The second kappa shape index (κ2) is 7.87. The van der Waals surface area contributed by atoms with E-state index in [1.165, 1.54) is 24.6 Å². The zero-order chi connectivity index (χ0) is 18.5. The Morgan fingerprint density at radius 3 is 2.96 bits per heavy atom. The molecular formula is C17H17N3O5S. The van der Waals surface area contributed by atoms with E-state index in [0.29, 0.717) is 35.2 Å². The highest BCUT2D eigenvalue weighted by Gasteiger charge is 2.16. The molecule has 1 amide bonds. The summed E-state index contributed by atoms with van der Waals surface area (Å²) in [7, 11) is 1.29. The normalized spacial score (nSPS) is 10.5. The van der Waals surface area contributed by atoms with Gasteiger partial charge in [-0.2, -0.15) is 5.10 Å². The SMILES string of the molecule is CCOc1ccsc1C(=O)Nc1cnn(Cc2ccc(C(=O)OC)o2)c1. The number of rotatable bonds is 7. The molecule has 3 heterocycles. The van der Waals surface area contributed by atoms with Crippen molar-refractivity contribution < 1.29 is 23.5 Å². The number of carbonyl (C=O) groups is 2. The van der Waals surface area contributed by atoms with Gasteiger partial charge in [-0.3, -0.25) is 9.48 Å². The summed E-state index contributed by atoms with van der Waals surface area (Å²) in [5.74, 6) is 0.445. The number of furan rings is 1. The minimum absolute atomic E-state index is 0.129. The molecule has 0 aliphatic carbocycles. The first-order valence-electron chi connectivity index (χ1n) is 7.81. The molecule has 0 bridgehead atoms. The molecule has 136 valence electrons. The Hall–Kier alpha value is -3.07. The van der Waals surface area contributed by atoms with Gasteiger partial charge in [0.1, 0.15) is 16.4 Å². The molecule has 0 aliphatic heterocycles. The number of aromatic nitrogens is 2. The monoisotopic (exact) mass is 375 g/mol. The van der Waals surface area contributed by atoms with Gasteiger partial charge in [-0.05, 0) is 30.5 Å². The standard InChI is InChI=1S/C17H17N3O5S/c1-3-24-13-6-7-26-15(13)16(21)19-11-8-18-20(9-11)10-12-4-5-14(25-12)17(22)23-2/h4-9H,3,10H2,1-2H3,(H,19,21). The van der Waals surface area contributed by atoms with Gasteiger partial charge in [0, 0.05) is 6.20 Å². The molecule has 0 saturated carbocycles. The smallest absolute Gasteiger partial charge is 0.373 e. The average Bonchev–Trinajstić information content (AvgIpc) is 3.36. The molecule has 0 atom stereocenters. The van der Waals surface area contributed by atoms with Crippen LogP contribution in [0.3, 0.4) is 0 Å². The van der Waals surface area contributed by atoms with E-state index >= 15 is 0 Å². The first-order valence-corrected chi connectivity index (χ1v) is 8.69. The van der Waals surface area contributed by atoms with E-state index in [1.807, 2.05) is 6.92 Å². The van der Waals surface area contributed by atoms with Gasteiger partial charge in [0.15, 0.2) is 0 Å². The van der Waals surface area contributed by atoms with Crippen LogP contribution in [0.1, 0.15) is 32.9 Å². The fourth-order valence-corrected chi connectivity index (χ4v) is 3.00. The number of ether oxygens (including phenoxy) is 2. The Balaban J connectivity index is 1.64. The highest BCUT2D eigenvalue weighted by atomic mass is 32.1. The minimum atomic E-state index is -0.536. The fourth-order valence-electron chi connectivity index (χ4n) is 2.27. The van der Waals surface area contributed by atoms with Crippen molar-refractivity contribution in [3.8, 4) is 5.75 Å². The number of carbonyl (C=O) groups excluding carboxylic acids is 2. The van der Waals surface area contributed by atoms with Crippen molar-refractivity contribution in [2.45, 2.75) is 13.5 Å². The van der Waals surface area contributed by atoms with E-state index in [2.05, 4.69) is 15.2 Å². The van der Waals surface area contributed by atoms with E-state index in [0.717, 1.165) is 0 Å². The maximum Gasteiger partial charge on any atom is 0.373 e. The summed E-state index contributed by atoms with van der Waals surface area (Å²) in [6.07, 6.45) is 3.21. The van der Waals surface area contributed by atoms with Crippen LogP contribution < -0.4 is 10.1 Å². The van der Waals surface area contributed by atoms with Gasteiger partial charge < -0.3 is 19.2 Å². The molecule has 3 rings (SSSR count). The average molecular weight is 375 g/mol. The van der Waals surface area contributed by atoms with Crippen molar-refractivity contribution in [3.63, 3.8) is 0 Å². The molecule has 9 heteroatoms. The lowest BCUT2D eigenvalue weighted by molar-refractivity contribution is 0.0562. The molecule has 3 aromatic heterocycles. The van der Waals surface area contributed by atoms with Gasteiger partial charge in [0.2, 0.25) is 5.76 Å². The van der Waals surface area contributed by atoms with Crippen LogP contribution in [0.2, 0.25) is 0 Å². The number of nitrogens with zero attached hydrogens (tertiary/aromatic N) is 2. The molecular weight excluding hydrogens is 358 g/mol. The predicted molar refractivity (Wildman–Crippen MR) is 94.8 cm³/mol. The number of nitrogens with one attached hydrogen (secondary N) is 1. The van der Waals surface area contributed by atoms with Crippen molar-refractivity contribution in [1.82, 2.24) is 9.78 Å². The van der Waals surface area contributed by atoms with Crippen LogP contribution in [0.4, 0.5) is 5.69 Å². The summed E-state index contributed by atoms with van der Waals surface area (Å²) >= 11 is 1.31. The molecule has 26 heavy (non-hydrogen) atoms. The fraction of sp³-hybridized carbons (Fsp3) is 0.235. The van der Waals surface area contributed by atoms with Gasteiger partial charge in [0.05, 0.1) is 32.1 Å². The summed E-state index contributed by atoms with van der Waals surface area (Å²) in [6.45, 7) is 2.67. The quantitative estimate of drug-likeness (QED) is 0.638. The van der Waals surface area contributed by atoms with Gasteiger partial charge in [0.25, 0.3) is 5.91 Å². The summed E-state index contributed by atoms with van der Waals surface area (Å²) < 4.78 is 17.0. The topological polar surface area (TPSA) is 95.6 Å². The number of thiophene rings is 1. The molecule has 0 unspecified atom stereocenters. The van der Waals surface area contributed by atoms with Gasteiger partial charge in [-0.1, -0.05) is 0 Å². The first kappa shape index (κ1) is 17.7. The number of amides is 1. The Morgan fingerprint density at radius 1 is 1.35 bits per heavy atom. The van der Waals surface area contributed by atoms with Gasteiger partial charge in [-0.15, -0.1) is 11.3 Å². The summed E-state index contributed by atoms with van der Waals surface area (Å²) in [4.78, 5) is 24.3. The van der Waals surface area contributed by atoms with Crippen LogP contribution in [0.5, 0.6) is 5.75 Å². The third kappa shape index (κ3) is 3.94. The van der Waals surface area contributed by atoms with Crippen molar-refractivity contribution in [2.24, 2.45) is 0 Å². The van der Waals surface area contributed by atoms with Crippen LogP contribution >= 0.6 is 11.3 Å². The first-order chi connectivity index (χ1) is 12.6. The minimum Gasteiger partial charge on any atom is -0.492 e. The van der Waals surface area contributed by atoms with Crippen molar-refractivity contribution in [1.29, 1.82) is 0 Å². The number of esters is 1. The lowest BCUT2D eigenvalue weighted by Crippen LogP contribution is -2.11. The number of methoxy groups -OCH3 is 1.